The van der Waals surface area contributed by atoms with E-state index in [1.54, 1.807) is 0 Å². The van der Waals surface area contributed by atoms with Gasteiger partial charge in [-0.2, -0.15) is 0 Å². The zero-order valence-electron chi connectivity index (χ0n) is 7.53. The van der Waals surface area contributed by atoms with E-state index in [1.165, 1.54) is 45.1 Å². The summed E-state index contributed by atoms with van der Waals surface area (Å²) >= 11 is 0. The van der Waals surface area contributed by atoms with Crippen molar-refractivity contribution in [1.29, 1.82) is 0 Å². The molecule has 66 valence electrons. The van der Waals surface area contributed by atoms with Gasteiger partial charge >= 0.3 is 0 Å². The first-order chi connectivity index (χ1) is 5.35. The molecule has 2 saturated carbocycles. The highest BCUT2D eigenvalue weighted by Gasteiger charge is 2.47. The van der Waals surface area contributed by atoms with Crippen molar-refractivity contribution in [3.8, 4) is 0 Å². The molecule has 0 bridgehead atoms. The van der Waals surface area contributed by atoms with E-state index in [0.29, 0.717) is 0 Å². The maximum Gasteiger partial charge on any atom is 0.00725 e. The normalized spacial score (nSPS) is 33.0. The van der Waals surface area contributed by atoms with Gasteiger partial charge in [-0.25, -0.2) is 0 Å². The van der Waals surface area contributed by atoms with E-state index in [1.807, 2.05) is 0 Å². The van der Waals surface area contributed by atoms with Crippen LogP contribution in [0.15, 0.2) is 0 Å². The van der Waals surface area contributed by atoms with Gasteiger partial charge in [0.2, 0.25) is 0 Å². The Balaban J connectivity index is 0.000000720. The third-order valence-electron chi connectivity index (χ3n) is 3.34. The van der Waals surface area contributed by atoms with Gasteiger partial charge in [-0.05, 0) is 50.5 Å². The summed E-state index contributed by atoms with van der Waals surface area (Å²) in [6.45, 7) is 3.47. The average Bonchev–Trinajstić information content (AvgIpc) is 2.61. The molecule has 0 aromatic heterocycles. The van der Waals surface area contributed by atoms with Crippen LogP contribution in [0.2, 0.25) is 0 Å². The van der Waals surface area contributed by atoms with E-state index in [9.17, 15) is 0 Å². The largest absolute Gasteiger partial charge is 0.314 e. The van der Waals surface area contributed by atoms with E-state index in [0.717, 1.165) is 11.5 Å². The second-order valence-electron chi connectivity index (χ2n) is 4.39. The molecule has 0 aromatic carbocycles. The Kier molecular flexibility index (Phi) is 1.92. The zero-order chi connectivity index (χ0) is 7.73. The fourth-order valence-electron chi connectivity index (χ4n) is 2.36. The van der Waals surface area contributed by atoms with Crippen molar-refractivity contribution in [2.45, 2.75) is 51.5 Å². The highest BCUT2D eigenvalue weighted by atomic mass is 14.9. The maximum atomic E-state index is 3.63. The van der Waals surface area contributed by atoms with Crippen LogP contribution in [0.3, 0.4) is 0 Å². The van der Waals surface area contributed by atoms with Crippen molar-refractivity contribution < 1.29 is 1.43 Å². The van der Waals surface area contributed by atoms with Gasteiger partial charge in [-0.1, -0.05) is 6.92 Å². The molecule has 0 saturated heterocycles. The molecule has 2 aliphatic rings. The summed E-state index contributed by atoms with van der Waals surface area (Å²) in [5, 5.41) is 3.63. The molecule has 1 atom stereocenters. The van der Waals surface area contributed by atoms with Crippen molar-refractivity contribution in [2.75, 3.05) is 6.54 Å². The minimum Gasteiger partial charge on any atom is -0.314 e. The number of hydrogen-bond acceptors (Lipinski definition) is 1. The molecule has 1 spiro atoms. The molecule has 0 aliphatic heterocycles. The lowest BCUT2D eigenvalue weighted by molar-refractivity contribution is 0.475. The summed E-state index contributed by atoms with van der Waals surface area (Å²) in [5.74, 6) is 0. The van der Waals surface area contributed by atoms with E-state index in [2.05, 4.69) is 12.2 Å². The van der Waals surface area contributed by atoms with Crippen molar-refractivity contribution in [2.24, 2.45) is 5.41 Å². The molecule has 2 fully saturated rings. The fourth-order valence-corrected chi connectivity index (χ4v) is 2.36. The quantitative estimate of drug-likeness (QED) is 0.660. The minimum absolute atomic E-state index is 0. The Morgan fingerprint density at radius 2 is 2.27 bits per heavy atom. The summed E-state index contributed by atoms with van der Waals surface area (Å²) in [4.78, 5) is 0. The van der Waals surface area contributed by atoms with Crippen LogP contribution < -0.4 is 5.32 Å². The minimum atomic E-state index is 0. The average molecular weight is 155 g/mol. The van der Waals surface area contributed by atoms with E-state index in [4.69, 9.17) is 0 Å². The third-order valence-corrected chi connectivity index (χ3v) is 3.34. The molecule has 1 nitrogen and oxygen atoms in total. The summed E-state index contributed by atoms with van der Waals surface area (Å²) in [6.07, 6.45) is 8.76. The Bertz CT molecular complexity index is 143. The van der Waals surface area contributed by atoms with Crippen molar-refractivity contribution in [3.63, 3.8) is 0 Å². The third kappa shape index (κ3) is 1.58. The molecular weight excluding hydrogens is 134 g/mol. The Morgan fingerprint density at radius 1 is 1.45 bits per heavy atom. The summed E-state index contributed by atoms with van der Waals surface area (Å²) in [5.41, 5.74) is 0.853. The van der Waals surface area contributed by atoms with Gasteiger partial charge in [0.15, 0.2) is 0 Å². The lowest BCUT2D eigenvalue weighted by atomic mass is 10.1. The van der Waals surface area contributed by atoms with Crippen LogP contribution >= 0.6 is 0 Å². The van der Waals surface area contributed by atoms with Gasteiger partial charge in [0.05, 0.1) is 0 Å². The Labute approximate surface area is 71.0 Å². The number of rotatable bonds is 3. The molecule has 0 amide bonds. The monoisotopic (exact) mass is 155 g/mol. The second-order valence-corrected chi connectivity index (χ2v) is 4.39. The van der Waals surface area contributed by atoms with Gasteiger partial charge in [0.1, 0.15) is 0 Å². The van der Waals surface area contributed by atoms with Crippen LogP contribution in [-0.2, 0) is 0 Å². The molecule has 2 aliphatic carbocycles. The molecule has 0 aromatic rings. The van der Waals surface area contributed by atoms with Crippen LogP contribution in [0.4, 0.5) is 0 Å². The van der Waals surface area contributed by atoms with Gasteiger partial charge < -0.3 is 5.32 Å². The van der Waals surface area contributed by atoms with Crippen LogP contribution in [0.25, 0.3) is 0 Å². The zero-order valence-corrected chi connectivity index (χ0v) is 7.53. The van der Waals surface area contributed by atoms with E-state index < -0.39 is 0 Å². The molecular formula is C10H21N. The summed E-state index contributed by atoms with van der Waals surface area (Å²) in [6, 6.07) is 0.873. The van der Waals surface area contributed by atoms with E-state index >= 15 is 0 Å². The summed E-state index contributed by atoms with van der Waals surface area (Å²) < 4.78 is 0. The smallest absolute Gasteiger partial charge is 0.00725 e. The van der Waals surface area contributed by atoms with Crippen molar-refractivity contribution in [3.05, 3.63) is 0 Å². The molecule has 0 radical (unpaired) electrons. The first-order valence-electron chi connectivity index (χ1n) is 5.08. The van der Waals surface area contributed by atoms with Crippen LogP contribution in [-0.4, -0.2) is 12.6 Å². The topological polar surface area (TPSA) is 12.0 Å². The van der Waals surface area contributed by atoms with Crippen molar-refractivity contribution >= 4 is 0 Å². The molecule has 1 N–H and O–H groups in total. The lowest BCUT2D eigenvalue weighted by Gasteiger charge is -2.11. The fraction of sp³-hybridized carbons (Fsp3) is 1.00. The SMILES string of the molecule is CCCN[C@H]1CCC2(CC2)C1.[HH]. The van der Waals surface area contributed by atoms with Crippen molar-refractivity contribution in [1.82, 2.24) is 5.32 Å². The van der Waals surface area contributed by atoms with Gasteiger partial charge in [-0.15, -0.1) is 0 Å². The predicted molar refractivity (Wildman–Crippen MR) is 49.7 cm³/mol. The van der Waals surface area contributed by atoms with Gasteiger partial charge in [0, 0.05) is 7.47 Å². The van der Waals surface area contributed by atoms with Crippen LogP contribution in [0, 0.1) is 5.41 Å². The van der Waals surface area contributed by atoms with Gasteiger partial charge in [0.25, 0.3) is 0 Å². The van der Waals surface area contributed by atoms with Crippen LogP contribution in [0.5, 0.6) is 0 Å². The first-order valence-corrected chi connectivity index (χ1v) is 5.08. The number of nitrogens with one attached hydrogen (secondary N) is 1. The van der Waals surface area contributed by atoms with E-state index in [-0.39, 0.29) is 1.43 Å². The highest BCUT2D eigenvalue weighted by molar-refractivity contribution is 5.01. The highest BCUT2D eigenvalue weighted by Crippen LogP contribution is 2.57. The number of hydrogen-bond donors (Lipinski definition) is 1. The lowest BCUT2D eigenvalue weighted by Crippen LogP contribution is -2.27. The second kappa shape index (κ2) is 2.78. The standard InChI is InChI=1S/C10H19N.H2/c1-2-7-11-9-3-4-10(8-9)5-6-10;/h9,11H,2-8H2,1H3;1H/t9-;/m0./s1. The molecule has 2 rings (SSSR count). The Hall–Kier alpha value is -0.0400. The maximum absolute atomic E-state index is 3.63. The molecule has 1 heteroatoms. The molecule has 0 unspecified atom stereocenters. The first kappa shape index (κ1) is 7.60. The summed E-state index contributed by atoms with van der Waals surface area (Å²) in [7, 11) is 0. The van der Waals surface area contributed by atoms with Crippen LogP contribution in [0.1, 0.15) is 46.9 Å². The Morgan fingerprint density at radius 3 is 2.82 bits per heavy atom. The predicted octanol–water partition coefficient (Wildman–Crippen LogP) is 2.56. The van der Waals surface area contributed by atoms with Gasteiger partial charge in [-0.3, -0.25) is 0 Å². The molecule has 0 heterocycles. The molecule has 11 heavy (non-hydrogen) atoms.